The molecule has 1 aromatic rings. The van der Waals surface area contributed by atoms with E-state index in [-0.39, 0.29) is 19.1 Å². The third kappa shape index (κ3) is 8.45. The lowest BCUT2D eigenvalue weighted by molar-refractivity contribution is -0.116. The highest BCUT2D eigenvalue weighted by Gasteiger charge is 2.00. The van der Waals surface area contributed by atoms with Crippen LogP contribution in [0.1, 0.15) is 6.42 Å². The highest BCUT2D eigenvalue weighted by molar-refractivity contribution is 14.1. The zero-order chi connectivity index (χ0) is 16.2. The number of aromatic nitrogens is 1. The second kappa shape index (κ2) is 10.8. The van der Waals surface area contributed by atoms with Crippen molar-refractivity contribution in [2.45, 2.75) is 6.42 Å². The van der Waals surface area contributed by atoms with Crippen LogP contribution in [0.4, 0.5) is 4.79 Å². The maximum Gasteiger partial charge on any atom is 0.407 e. The lowest BCUT2D eigenvalue weighted by atomic mass is 10.4. The second-order valence-corrected chi connectivity index (χ2v) is 5.30. The number of likely N-dealkylation sites (N-methyl/N-ethyl adjacent to an activating group) is 1. The smallest absolute Gasteiger partial charge is 0.407 e. The Morgan fingerprint density at radius 2 is 2.18 bits per heavy atom. The second-order valence-electron chi connectivity index (χ2n) is 4.05. The van der Waals surface area contributed by atoms with Crippen molar-refractivity contribution >= 4 is 34.6 Å². The van der Waals surface area contributed by atoms with Crippen LogP contribution in [0, 0.1) is 3.57 Å². The van der Waals surface area contributed by atoms with Gasteiger partial charge in [0.25, 0.3) is 0 Å². The van der Waals surface area contributed by atoms with E-state index in [2.05, 4.69) is 38.2 Å². The zero-order valence-corrected chi connectivity index (χ0v) is 14.3. The van der Waals surface area contributed by atoms with Crippen LogP contribution in [0.3, 0.4) is 0 Å². The van der Waals surface area contributed by atoms with Gasteiger partial charge in [0, 0.05) is 41.9 Å². The first-order valence-corrected chi connectivity index (χ1v) is 7.73. The van der Waals surface area contributed by atoms with E-state index in [1.807, 2.05) is 6.07 Å². The van der Waals surface area contributed by atoms with Crippen LogP contribution in [-0.4, -0.2) is 43.8 Å². The predicted octanol–water partition coefficient (Wildman–Crippen LogP) is 1.48. The molecule has 1 aromatic heterocycles. The van der Waals surface area contributed by atoms with Crippen LogP contribution in [0.25, 0.3) is 0 Å². The first-order chi connectivity index (χ1) is 10.6. The summed E-state index contributed by atoms with van der Waals surface area (Å²) >= 11 is 2.16. The Morgan fingerprint density at radius 1 is 1.36 bits per heavy atom. The first kappa shape index (κ1) is 18.2. The van der Waals surface area contributed by atoms with Gasteiger partial charge < -0.3 is 20.1 Å². The van der Waals surface area contributed by atoms with Gasteiger partial charge in [-0.3, -0.25) is 4.79 Å². The molecule has 22 heavy (non-hydrogen) atoms. The molecule has 2 amide bonds. The van der Waals surface area contributed by atoms with Crippen molar-refractivity contribution < 1.29 is 19.1 Å². The average molecular weight is 419 g/mol. The Labute approximate surface area is 142 Å². The Hall–Kier alpha value is -1.84. The van der Waals surface area contributed by atoms with Gasteiger partial charge in [-0.05, 0) is 28.7 Å². The van der Waals surface area contributed by atoms with Crippen LogP contribution in [0.15, 0.2) is 30.5 Å². The van der Waals surface area contributed by atoms with Crippen molar-refractivity contribution in [1.82, 2.24) is 15.6 Å². The molecule has 0 saturated carbocycles. The fourth-order valence-corrected chi connectivity index (χ4v) is 1.61. The molecule has 1 heterocycles. The summed E-state index contributed by atoms with van der Waals surface area (Å²) in [6.45, 7) is 0.891. The minimum absolute atomic E-state index is 0.225. The molecule has 120 valence electrons. The molecule has 0 aliphatic heterocycles. The minimum Gasteiger partial charge on any atom is -0.478 e. The molecule has 2 N–H and O–H groups in total. The minimum atomic E-state index is -0.533. The van der Waals surface area contributed by atoms with Crippen LogP contribution < -0.4 is 15.4 Å². The van der Waals surface area contributed by atoms with Gasteiger partial charge in [0.15, 0.2) is 0 Å². The molecule has 0 aliphatic carbocycles. The topological polar surface area (TPSA) is 89.6 Å². The molecule has 0 atom stereocenters. The summed E-state index contributed by atoms with van der Waals surface area (Å²) in [5, 5.41) is 4.92. The summed E-state index contributed by atoms with van der Waals surface area (Å²) in [4.78, 5) is 26.3. The molecule has 0 radical (unpaired) electrons. The largest absolute Gasteiger partial charge is 0.478 e. The van der Waals surface area contributed by atoms with Gasteiger partial charge in [0.1, 0.15) is 0 Å². The lowest BCUT2D eigenvalue weighted by Crippen LogP contribution is -2.25. The van der Waals surface area contributed by atoms with Gasteiger partial charge in [-0.1, -0.05) is 6.08 Å². The summed E-state index contributed by atoms with van der Waals surface area (Å²) in [7, 11) is 1.53. The van der Waals surface area contributed by atoms with Crippen molar-refractivity contribution in [1.29, 1.82) is 0 Å². The van der Waals surface area contributed by atoms with E-state index in [1.54, 1.807) is 12.3 Å². The summed E-state index contributed by atoms with van der Waals surface area (Å²) in [6.07, 6.45) is 4.61. The number of carbonyl (C=O) groups is 2. The van der Waals surface area contributed by atoms with Gasteiger partial charge in [-0.2, -0.15) is 0 Å². The molecule has 0 aliphatic rings. The zero-order valence-electron chi connectivity index (χ0n) is 12.2. The molecule has 0 unspecified atom stereocenters. The molecule has 0 fully saturated rings. The third-order valence-electron chi connectivity index (χ3n) is 2.35. The number of ether oxygens (including phenoxy) is 2. The molecule has 8 heteroatoms. The van der Waals surface area contributed by atoms with Crippen molar-refractivity contribution in [3.63, 3.8) is 0 Å². The molecule has 0 saturated heterocycles. The van der Waals surface area contributed by atoms with Crippen molar-refractivity contribution in [3.8, 4) is 5.88 Å². The normalized spacial score (nSPS) is 10.3. The maximum atomic E-state index is 11.3. The standard InChI is InChI=1S/C14H18IN3O4/c1-16-12(19)4-2-7-17-14(20)22-9-3-8-21-13-6-5-11(15)10-18-13/h2,4-6,10H,3,7-9H2,1H3,(H,16,19)(H,17,20). The average Bonchev–Trinajstić information content (AvgIpc) is 2.52. The Bertz CT molecular complexity index is 505. The lowest BCUT2D eigenvalue weighted by Gasteiger charge is -2.06. The van der Waals surface area contributed by atoms with Gasteiger partial charge in [0.05, 0.1) is 13.2 Å². The molecular formula is C14H18IN3O4. The Balaban J connectivity index is 2.04. The number of nitrogens with zero attached hydrogens (tertiary/aromatic N) is 1. The van der Waals surface area contributed by atoms with Crippen LogP contribution in [0.2, 0.25) is 0 Å². The number of halogens is 1. The van der Waals surface area contributed by atoms with E-state index in [0.29, 0.717) is 18.9 Å². The van der Waals surface area contributed by atoms with E-state index in [0.717, 1.165) is 3.57 Å². The number of pyridine rings is 1. The van der Waals surface area contributed by atoms with E-state index < -0.39 is 6.09 Å². The third-order valence-corrected chi connectivity index (χ3v) is 2.99. The van der Waals surface area contributed by atoms with Crippen molar-refractivity contribution in [2.24, 2.45) is 0 Å². The highest BCUT2D eigenvalue weighted by Crippen LogP contribution is 2.09. The van der Waals surface area contributed by atoms with Gasteiger partial charge in [0.2, 0.25) is 11.8 Å². The Morgan fingerprint density at radius 3 is 2.86 bits per heavy atom. The Kier molecular flexibility index (Phi) is 8.96. The number of nitrogens with one attached hydrogen (secondary N) is 2. The molecule has 0 aromatic carbocycles. The van der Waals surface area contributed by atoms with E-state index in [1.165, 1.54) is 19.2 Å². The van der Waals surface area contributed by atoms with Crippen molar-refractivity contribution in [3.05, 3.63) is 34.1 Å². The number of alkyl carbamates (subject to hydrolysis) is 1. The van der Waals surface area contributed by atoms with Gasteiger partial charge in [-0.25, -0.2) is 9.78 Å². The molecular weight excluding hydrogens is 401 g/mol. The number of amides is 2. The van der Waals surface area contributed by atoms with Crippen molar-refractivity contribution in [2.75, 3.05) is 26.8 Å². The molecule has 7 nitrogen and oxygen atoms in total. The molecule has 0 bridgehead atoms. The number of hydrogen-bond donors (Lipinski definition) is 2. The van der Waals surface area contributed by atoms with Gasteiger partial charge >= 0.3 is 6.09 Å². The number of rotatable bonds is 8. The summed E-state index contributed by atoms with van der Waals surface area (Å²) in [6, 6.07) is 3.69. The fourth-order valence-electron chi connectivity index (χ4n) is 1.29. The van der Waals surface area contributed by atoms with Gasteiger partial charge in [-0.15, -0.1) is 0 Å². The van der Waals surface area contributed by atoms with E-state index in [9.17, 15) is 9.59 Å². The van der Waals surface area contributed by atoms with E-state index in [4.69, 9.17) is 9.47 Å². The number of hydrogen-bond acceptors (Lipinski definition) is 5. The first-order valence-electron chi connectivity index (χ1n) is 6.65. The quantitative estimate of drug-likeness (QED) is 0.379. The molecule has 1 rings (SSSR count). The summed E-state index contributed by atoms with van der Waals surface area (Å²) < 4.78 is 11.4. The fraction of sp³-hybridized carbons (Fsp3) is 0.357. The van der Waals surface area contributed by atoms with Crippen LogP contribution >= 0.6 is 22.6 Å². The predicted molar refractivity (Wildman–Crippen MR) is 89.6 cm³/mol. The van der Waals surface area contributed by atoms with Crippen LogP contribution in [0.5, 0.6) is 5.88 Å². The van der Waals surface area contributed by atoms with E-state index >= 15 is 0 Å². The SMILES string of the molecule is CNC(=O)C=CCNC(=O)OCCCOc1ccc(I)cn1. The van der Waals surface area contributed by atoms with Crippen LogP contribution in [-0.2, 0) is 9.53 Å². The summed E-state index contributed by atoms with van der Waals surface area (Å²) in [5.41, 5.74) is 0. The molecule has 0 spiro atoms. The summed E-state index contributed by atoms with van der Waals surface area (Å²) in [5.74, 6) is 0.320. The monoisotopic (exact) mass is 419 g/mol. The highest BCUT2D eigenvalue weighted by atomic mass is 127. The maximum absolute atomic E-state index is 11.3. The number of carbonyl (C=O) groups excluding carboxylic acids is 2.